The van der Waals surface area contributed by atoms with Gasteiger partial charge in [-0.15, -0.1) is 17.8 Å². The second kappa shape index (κ2) is 6.77. The molecule has 3 aromatic rings. The van der Waals surface area contributed by atoms with E-state index in [9.17, 15) is 8.42 Å². The third-order valence-corrected chi connectivity index (χ3v) is 7.11. The van der Waals surface area contributed by atoms with Gasteiger partial charge in [-0.05, 0) is 32.0 Å². The minimum atomic E-state index is -3.50. The molecule has 10 heteroatoms. The van der Waals surface area contributed by atoms with E-state index in [0.29, 0.717) is 33.8 Å². The van der Waals surface area contributed by atoms with Gasteiger partial charge in [0.2, 0.25) is 10.0 Å². The lowest BCUT2D eigenvalue weighted by atomic mass is 10.3. The van der Waals surface area contributed by atoms with Gasteiger partial charge in [-0.3, -0.25) is 5.10 Å². The van der Waals surface area contributed by atoms with Crippen LogP contribution in [0, 0.1) is 12.3 Å². The summed E-state index contributed by atoms with van der Waals surface area (Å²) >= 11 is 1.09. The van der Waals surface area contributed by atoms with Crippen molar-refractivity contribution in [3.8, 4) is 23.0 Å². The smallest absolute Gasteiger partial charge is 0.249 e. The number of sulfonamides is 1. The maximum absolute atomic E-state index is 11.9. The molecule has 0 atom stereocenters. The molecule has 3 N–H and O–H groups in total. The summed E-state index contributed by atoms with van der Waals surface area (Å²) in [6, 6.07) is 5.14. The Morgan fingerprint density at radius 2 is 2.19 bits per heavy atom. The second-order valence-corrected chi connectivity index (χ2v) is 9.23. The van der Waals surface area contributed by atoms with Crippen LogP contribution in [-0.4, -0.2) is 35.6 Å². The van der Waals surface area contributed by atoms with Crippen molar-refractivity contribution < 1.29 is 8.42 Å². The van der Waals surface area contributed by atoms with Gasteiger partial charge in [0.05, 0.1) is 16.1 Å². The summed E-state index contributed by atoms with van der Waals surface area (Å²) in [4.78, 5) is 9.37. The Labute approximate surface area is 160 Å². The highest BCUT2D eigenvalue weighted by Crippen LogP contribution is 2.39. The molecule has 0 amide bonds. The van der Waals surface area contributed by atoms with E-state index in [1.807, 2.05) is 6.07 Å². The maximum Gasteiger partial charge on any atom is 0.249 e. The SMILES string of the molecule is C#Cc1cnc(-c2ccc(S(=O)(=O)NC)s2)nc1Nc1cc(C2CC2)n[nH]1. The first-order chi connectivity index (χ1) is 13.0. The van der Waals surface area contributed by atoms with Gasteiger partial charge in [0.25, 0.3) is 0 Å². The molecule has 0 radical (unpaired) electrons. The molecule has 3 aromatic heterocycles. The van der Waals surface area contributed by atoms with Gasteiger partial charge in [0.15, 0.2) is 11.6 Å². The van der Waals surface area contributed by atoms with Crippen molar-refractivity contribution in [3.05, 3.63) is 35.7 Å². The fourth-order valence-corrected chi connectivity index (χ4v) is 4.59. The predicted octanol–water partition coefficient (Wildman–Crippen LogP) is 2.44. The van der Waals surface area contributed by atoms with Gasteiger partial charge in [-0.1, -0.05) is 5.92 Å². The minimum Gasteiger partial charge on any atom is -0.324 e. The number of thiophene rings is 1. The molecule has 1 saturated carbocycles. The Morgan fingerprint density at radius 1 is 1.37 bits per heavy atom. The quantitative estimate of drug-likeness (QED) is 0.548. The monoisotopic (exact) mass is 400 g/mol. The first-order valence-corrected chi connectivity index (χ1v) is 10.5. The molecular weight excluding hydrogens is 384 g/mol. The number of rotatable bonds is 6. The van der Waals surface area contributed by atoms with E-state index in [1.54, 1.807) is 6.07 Å². The zero-order valence-electron chi connectivity index (χ0n) is 14.4. The number of H-pyrrole nitrogens is 1. The van der Waals surface area contributed by atoms with Crippen molar-refractivity contribution in [3.63, 3.8) is 0 Å². The molecule has 4 rings (SSSR count). The molecule has 0 bridgehead atoms. The lowest BCUT2D eigenvalue weighted by Gasteiger charge is -2.06. The van der Waals surface area contributed by atoms with E-state index >= 15 is 0 Å². The summed E-state index contributed by atoms with van der Waals surface area (Å²) in [5, 5.41) is 10.4. The van der Waals surface area contributed by atoms with E-state index < -0.39 is 10.0 Å². The summed E-state index contributed by atoms with van der Waals surface area (Å²) in [7, 11) is -2.13. The molecule has 0 saturated heterocycles. The highest BCUT2D eigenvalue weighted by atomic mass is 32.2. The van der Waals surface area contributed by atoms with Crippen molar-refractivity contribution in [1.29, 1.82) is 0 Å². The van der Waals surface area contributed by atoms with Crippen LogP contribution in [-0.2, 0) is 10.0 Å². The Bertz CT molecular complexity index is 1140. The Hall–Kier alpha value is -2.74. The van der Waals surface area contributed by atoms with Crippen LogP contribution >= 0.6 is 11.3 Å². The second-order valence-electron chi connectivity index (χ2n) is 6.03. The van der Waals surface area contributed by atoms with Crippen LogP contribution in [0.25, 0.3) is 10.7 Å². The highest BCUT2D eigenvalue weighted by Gasteiger charge is 2.26. The zero-order valence-corrected chi connectivity index (χ0v) is 16.0. The third-order valence-electron chi connectivity index (χ3n) is 4.13. The molecule has 0 unspecified atom stereocenters. The summed E-state index contributed by atoms with van der Waals surface area (Å²) in [6.07, 6.45) is 9.41. The summed E-state index contributed by atoms with van der Waals surface area (Å²) in [5.74, 6) is 4.63. The maximum atomic E-state index is 11.9. The van der Waals surface area contributed by atoms with Crippen LogP contribution in [0.5, 0.6) is 0 Å². The topological polar surface area (TPSA) is 113 Å². The van der Waals surface area contributed by atoms with E-state index in [1.165, 1.54) is 19.3 Å². The third kappa shape index (κ3) is 3.57. The molecule has 8 nitrogen and oxygen atoms in total. The van der Waals surface area contributed by atoms with Crippen LogP contribution in [0.1, 0.15) is 30.0 Å². The van der Waals surface area contributed by atoms with E-state index in [2.05, 4.69) is 36.1 Å². The van der Waals surface area contributed by atoms with Crippen molar-refractivity contribution >= 4 is 33.0 Å². The first kappa shape index (κ1) is 17.7. The molecule has 0 spiro atoms. The fraction of sp³-hybridized carbons (Fsp3) is 0.235. The first-order valence-electron chi connectivity index (χ1n) is 8.20. The van der Waals surface area contributed by atoms with Gasteiger partial charge in [-0.25, -0.2) is 23.1 Å². The number of hydrogen-bond donors (Lipinski definition) is 3. The highest BCUT2D eigenvalue weighted by molar-refractivity contribution is 7.91. The summed E-state index contributed by atoms with van der Waals surface area (Å²) in [6.45, 7) is 0. The molecule has 1 aliphatic rings. The standard InChI is InChI=1S/C17H16N6O2S2/c1-3-10-9-19-17(13-6-7-15(26-13)27(24,25)18-2)21-16(10)20-14-8-12(22-23-14)11-4-5-11/h1,6-9,11,18H,4-5H2,2H3,(H2,19,20,21,22,23). The molecule has 138 valence electrons. The van der Waals surface area contributed by atoms with E-state index in [-0.39, 0.29) is 4.21 Å². The normalized spacial score (nSPS) is 14.1. The number of aromatic amines is 1. The Morgan fingerprint density at radius 3 is 2.89 bits per heavy atom. The number of hydrogen-bond acceptors (Lipinski definition) is 7. The largest absolute Gasteiger partial charge is 0.324 e. The molecule has 1 fully saturated rings. The summed E-state index contributed by atoms with van der Waals surface area (Å²) < 4.78 is 26.3. The van der Waals surface area contributed by atoms with E-state index in [0.717, 1.165) is 29.9 Å². The van der Waals surface area contributed by atoms with Crippen molar-refractivity contribution in [2.45, 2.75) is 23.0 Å². The molecule has 3 heterocycles. The average Bonchev–Trinajstić information content (AvgIpc) is 3.20. The van der Waals surface area contributed by atoms with Crippen LogP contribution in [0.3, 0.4) is 0 Å². The van der Waals surface area contributed by atoms with Crippen LogP contribution in [0.4, 0.5) is 11.6 Å². The van der Waals surface area contributed by atoms with Crippen molar-refractivity contribution in [2.24, 2.45) is 0 Å². The van der Waals surface area contributed by atoms with Crippen LogP contribution < -0.4 is 10.0 Å². The van der Waals surface area contributed by atoms with E-state index in [4.69, 9.17) is 6.42 Å². The molecule has 27 heavy (non-hydrogen) atoms. The zero-order chi connectivity index (χ0) is 19.0. The van der Waals surface area contributed by atoms with Gasteiger partial charge >= 0.3 is 0 Å². The molecule has 0 aromatic carbocycles. The van der Waals surface area contributed by atoms with Gasteiger partial charge in [0.1, 0.15) is 10.0 Å². The molecule has 0 aliphatic heterocycles. The van der Waals surface area contributed by atoms with Gasteiger partial charge < -0.3 is 5.32 Å². The minimum absolute atomic E-state index is 0.196. The van der Waals surface area contributed by atoms with Gasteiger partial charge in [0, 0.05) is 18.2 Å². The average molecular weight is 400 g/mol. The molecular formula is C17H16N6O2S2. The van der Waals surface area contributed by atoms with Crippen molar-refractivity contribution in [2.75, 3.05) is 12.4 Å². The number of nitrogens with one attached hydrogen (secondary N) is 3. The fourth-order valence-electron chi connectivity index (χ4n) is 2.50. The van der Waals surface area contributed by atoms with Crippen molar-refractivity contribution in [1.82, 2.24) is 24.9 Å². The number of nitrogens with zero attached hydrogens (tertiary/aromatic N) is 3. The lowest BCUT2D eigenvalue weighted by Crippen LogP contribution is -2.17. The molecule has 1 aliphatic carbocycles. The number of anilines is 2. The lowest BCUT2D eigenvalue weighted by molar-refractivity contribution is 0.590. The Balaban J connectivity index is 1.65. The Kier molecular flexibility index (Phi) is 4.43. The van der Waals surface area contributed by atoms with Gasteiger partial charge in [-0.2, -0.15) is 5.10 Å². The summed E-state index contributed by atoms with van der Waals surface area (Å²) in [5.41, 5.74) is 1.52. The number of terminal acetylenes is 1. The predicted molar refractivity (Wildman–Crippen MR) is 103 cm³/mol. The van der Waals surface area contributed by atoms with Crippen LogP contribution in [0.2, 0.25) is 0 Å². The number of aromatic nitrogens is 4. The van der Waals surface area contributed by atoms with Crippen LogP contribution in [0.15, 0.2) is 28.6 Å².